The maximum absolute atomic E-state index is 4.34. The predicted octanol–water partition coefficient (Wildman–Crippen LogP) is 4.73. The van der Waals surface area contributed by atoms with Crippen molar-refractivity contribution in [3.63, 3.8) is 0 Å². The van der Waals surface area contributed by atoms with Gasteiger partial charge in [0.25, 0.3) is 0 Å². The number of allylic oxidation sites excluding steroid dienone is 2. The summed E-state index contributed by atoms with van der Waals surface area (Å²) in [6, 6.07) is 0. The zero-order valence-corrected chi connectivity index (χ0v) is 10.3. The maximum Gasteiger partial charge on any atom is -0.00865 e. The Morgan fingerprint density at radius 3 is 2.67 bits per heavy atom. The highest BCUT2D eigenvalue weighted by atomic mass is 14.5. The molecule has 0 aromatic carbocycles. The zero-order chi connectivity index (χ0) is 11.1. The van der Waals surface area contributed by atoms with Crippen molar-refractivity contribution in [2.45, 2.75) is 52.4 Å². The first kappa shape index (κ1) is 11.0. The van der Waals surface area contributed by atoms with E-state index in [0.717, 1.165) is 11.8 Å². The van der Waals surface area contributed by atoms with Crippen LogP contribution in [0.5, 0.6) is 0 Å². The van der Waals surface area contributed by atoms with E-state index in [-0.39, 0.29) is 0 Å². The summed E-state index contributed by atoms with van der Waals surface area (Å²) < 4.78 is 0. The molecule has 0 saturated heterocycles. The summed E-state index contributed by atoms with van der Waals surface area (Å²) in [5.74, 6) is 1.45. The Kier molecular flexibility index (Phi) is 2.79. The number of fused-ring (bicyclic) bond motifs is 1. The highest BCUT2D eigenvalue weighted by Crippen LogP contribution is 2.55. The molecule has 2 aliphatic rings. The first-order valence-electron chi connectivity index (χ1n) is 6.38. The Bertz CT molecular complexity index is 282. The largest absolute Gasteiger partial charge is 0.0998 e. The average molecular weight is 204 g/mol. The molecule has 0 nitrogen and oxygen atoms in total. The Balaban J connectivity index is 2.30. The zero-order valence-electron chi connectivity index (χ0n) is 10.3. The van der Waals surface area contributed by atoms with Crippen molar-refractivity contribution in [1.82, 2.24) is 0 Å². The standard InChI is InChI=1S/C15H24/c1-11(2)13-8-6-10-15(4)9-5-7-12(3)14(13)15/h13-14H,1,3,5-10H2,2,4H3/t13-,14?,15-/m0/s1. The molecule has 3 atom stereocenters. The van der Waals surface area contributed by atoms with E-state index in [1.165, 1.54) is 49.7 Å². The molecule has 0 N–H and O–H groups in total. The van der Waals surface area contributed by atoms with E-state index in [0.29, 0.717) is 5.41 Å². The van der Waals surface area contributed by atoms with Crippen LogP contribution in [0.4, 0.5) is 0 Å². The highest BCUT2D eigenvalue weighted by molar-refractivity contribution is 5.19. The summed E-state index contributed by atoms with van der Waals surface area (Å²) in [7, 11) is 0. The summed E-state index contributed by atoms with van der Waals surface area (Å²) in [5.41, 5.74) is 3.43. The van der Waals surface area contributed by atoms with Crippen molar-refractivity contribution < 1.29 is 0 Å². The highest BCUT2D eigenvalue weighted by Gasteiger charge is 2.45. The lowest BCUT2D eigenvalue weighted by Gasteiger charge is -2.50. The van der Waals surface area contributed by atoms with Crippen LogP contribution >= 0.6 is 0 Å². The fourth-order valence-electron chi connectivity index (χ4n) is 4.00. The topological polar surface area (TPSA) is 0 Å². The van der Waals surface area contributed by atoms with Gasteiger partial charge in [0, 0.05) is 0 Å². The van der Waals surface area contributed by atoms with Gasteiger partial charge in [-0.25, -0.2) is 0 Å². The van der Waals surface area contributed by atoms with Gasteiger partial charge in [0.15, 0.2) is 0 Å². The lowest BCUT2D eigenvalue weighted by Crippen LogP contribution is -2.40. The van der Waals surface area contributed by atoms with E-state index in [2.05, 4.69) is 27.0 Å². The van der Waals surface area contributed by atoms with E-state index in [9.17, 15) is 0 Å². The fraction of sp³-hybridized carbons (Fsp3) is 0.733. The Morgan fingerprint density at radius 2 is 2.00 bits per heavy atom. The molecule has 0 radical (unpaired) electrons. The molecular weight excluding hydrogens is 180 g/mol. The van der Waals surface area contributed by atoms with Gasteiger partial charge in [-0.2, -0.15) is 0 Å². The number of rotatable bonds is 1. The van der Waals surface area contributed by atoms with E-state index >= 15 is 0 Å². The summed E-state index contributed by atoms with van der Waals surface area (Å²) in [6.45, 7) is 13.2. The fourth-order valence-corrected chi connectivity index (χ4v) is 4.00. The molecule has 2 saturated carbocycles. The maximum atomic E-state index is 4.34. The van der Waals surface area contributed by atoms with Crippen molar-refractivity contribution in [3.8, 4) is 0 Å². The second kappa shape index (κ2) is 3.81. The van der Waals surface area contributed by atoms with Crippen molar-refractivity contribution >= 4 is 0 Å². The van der Waals surface area contributed by atoms with Crippen LogP contribution in [-0.2, 0) is 0 Å². The molecule has 0 amide bonds. The molecule has 0 aromatic heterocycles. The van der Waals surface area contributed by atoms with E-state index < -0.39 is 0 Å². The number of hydrogen-bond donors (Lipinski definition) is 0. The molecule has 0 aliphatic heterocycles. The SMILES string of the molecule is C=C1CCC[C@@]2(C)CCC[C@@H](C(=C)C)C12. The van der Waals surface area contributed by atoms with E-state index in [1.807, 2.05) is 0 Å². The minimum Gasteiger partial charge on any atom is -0.0998 e. The van der Waals surface area contributed by atoms with Gasteiger partial charge in [0.05, 0.1) is 0 Å². The van der Waals surface area contributed by atoms with Crippen molar-refractivity contribution in [2.24, 2.45) is 17.3 Å². The molecule has 1 unspecified atom stereocenters. The van der Waals surface area contributed by atoms with Crippen molar-refractivity contribution in [3.05, 3.63) is 24.3 Å². The van der Waals surface area contributed by atoms with Crippen LogP contribution in [0.3, 0.4) is 0 Å². The minimum atomic E-state index is 0.539. The molecule has 0 heterocycles. The van der Waals surface area contributed by atoms with Crippen LogP contribution in [0.2, 0.25) is 0 Å². The van der Waals surface area contributed by atoms with Gasteiger partial charge >= 0.3 is 0 Å². The van der Waals surface area contributed by atoms with Crippen LogP contribution in [0.1, 0.15) is 52.4 Å². The van der Waals surface area contributed by atoms with Gasteiger partial charge in [-0.05, 0) is 56.3 Å². The molecule has 2 rings (SSSR count). The third kappa shape index (κ3) is 1.79. The summed E-state index contributed by atoms with van der Waals surface area (Å²) in [6.07, 6.45) is 8.14. The van der Waals surface area contributed by atoms with E-state index in [1.54, 1.807) is 0 Å². The van der Waals surface area contributed by atoms with Gasteiger partial charge in [-0.3, -0.25) is 0 Å². The van der Waals surface area contributed by atoms with Crippen LogP contribution in [0, 0.1) is 17.3 Å². The Hall–Kier alpha value is -0.520. The molecular formula is C15H24. The molecule has 15 heavy (non-hydrogen) atoms. The molecule has 0 heteroatoms. The Morgan fingerprint density at radius 1 is 1.33 bits per heavy atom. The normalized spacial score (nSPS) is 41.1. The van der Waals surface area contributed by atoms with Gasteiger partial charge in [0.2, 0.25) is 0 Å². The Labute approximate surface area is 94.5 Å². The van der Waals surface area contributed by atoms with Gasteiger partial charge in [0.1, 0.15) is 0 Å². The first-order chi connectivity index (χ1) is 7.04. The molecule has 2 fully saturated rings. The molecule has 2 aliphatic carbocycles. The van der Waals surface area contributed by atoms with Gasteiger partial charge < -0.3 is 0 Å². The lowest BCUT2D eigenvalue weighted by atomic mass is 9.54. The van der Waals surface area contributed by atoms with E-state index in [4.69, 9.17) is 0 Å². The van der Waals surface area contributed by atoms with Crippen molar-refractivity contribution in [2.75, 3.05) is 0 Å². The second-order valence-corrected chi connectivity index (χ2v) is 5.99. The molecule has 0 aromatic rings. The summed E-state index contributed by atoms with van der Waals surface area (Å²) in [5, 5.41) is 0. The minimum absolute atomic E-state index is 0.539. The third-order valence-electron chi connectivity index (χ3n) is 4.73. The van der Waals surface area contributed by atoms with Crippen LogP contribution in [0.15, 0.2) is 24.3 Å². The summed E-state index contributed by atoms with van der Waals surface area (Å²) in [4.78, 5) is 0. The van der Waals surface area contributed by atoms with Crippen LogP contribution in [0.25, 0.3) is 0 Å². The lowest BCUT2D eigenvalue weighted by molar-refractivity contribution is 0.0692. The van der Waals surface area contributed by atoms with Crippen LogP contribution < -0.4 is 0 Å². The third-order valence-corrected chi connectivity index (χ3v) is 4.73. The predicted molar refractivity (Wildman–Crippen MR) is 66.7 cm³/mol. The average Bonchev–Trinajstić information content (AvgIpc) is 2.16. The second-order valence-electron chi connectivity index (χ2n) is 5.99. The quantitative estimate of drug-likeness (QED) is 0.542. The molecule has 0 spiro atoms. The molecule has 84 valence electrons. The first-order valence-corrected chi connectivity index (χ1v) is 6.38. The monoisotopic (exact) mass is 204 g/mol. The smallest absolute Gasteiger partial charge is 0.00865 e. The van der Waals surface area contributed by atoms with Gasteiger partial charge in [-0.15, -0.1) is 0 Å². The van der Waals surface area contributed by atoms with Crippen LogP contribution in [-0.4, -0.2) is 0 Å². The summed E-state index contributed by atoms with van der Waals surface area (Å²) >= 11 is 0. The van der Waals surface area contributed by atoms with Gasteiger partial charge in [-0.1, -0.05) is 37.6 Å². The van der Waals surface area contributed by atoms with Crippen molar-refractivity contribution in [1.29, 1.82) is 0 Å². The molecule has 0 bridgehead atoms. The number of hydrogen-bond acceptors (Lipinski definition) is 0.